The van der Waals surface area contributed by atoms with E-state index < -0.39 is 5.91 Å². The molecule has 8 heteroatoms. The number of carbonyl (C=O) groups excluding carboxylic acids is 1. The number of aromatic nitrogens is 1. The van der Waals surface area contributed by atoms with Crippen molar-refractivity contribution in [1.82, 2.24) is 9.58 Å². The van der Waals surface area contributed by atoms with E-state index in [1.807, 2.05) is 42.6 Å². The van der Waals surface area contributed by atoms with E-state index in [1.54, 1.807) is 11.6 Å². The minimum absolute atomic E-state index is 0.0391. The highest BCUT2D eigenvalue weighted by atomic mass is 32.2. The zero-order chi connectivity index (χ0) is 23.7. The molecule has 7 nitrogen and oxygen atoms in total. The van der Waals surface area contributed by atoms with Gasteiger partial charge in [-0.25, -0.2) is 0 Å². The van der Waals surface area contributed by atoms with Crippen molar-refractivity contribution in [3.63, 3.8) is 0 Å². The number of nitrogens with zero attached hydrogens (tertiary/aromatic N) is 4. The molecule has 0 unspecified atom stereocenters. The Balaban J connectivity index is 1.36. The standard InChI is InChI=1S/C26H25N5O2S/c1-3-17(2)18-8-10-20(11-9-18)33-13-12-30-15-19(21-6-4-5-7-23(21)30)14-22-24(27)31-26(29-25(22)32)34-16-28-31/h4-11,14-17,27H,3,12-13H2,1-2H3/b22-14+,27-24?/t17-/m1/s1. The Labute approximate surface area is 202 Å². The monoisotopic (exact) mass is 471 g/mol. The van der Waals surface area contributed by atoms with Gasteiger partial charge in [0.05, 0.1) is 17.7 Å². The van der Waals surface area contributed by atoms with E-state index in [2.05, 4.69) is 40.6 Å². The number of aliphatic imine (C=N–C) groups is 1. The minimum atomic E-state index is -0.421. The fourth-order valence-corrected chi connectivity index (χ4v) is 4.67. The van der Waals surface area contributed by atoms with Crippen molar-refractivity contribution in [3.8, 4) is 5.75 Å². The molecule has 2 aliphatic rings. The van der Waals surface area contributed by atoms with Crippen molar-refractivity contribution in [1.29, 1.82) is 5.41 Å². The summed E-state index contributed by atoms with van der Waals surface area (Å²) in [7, 11) is 0. The van der Waals surface area contributed by atoms with Gasteiger partial charge in [0.15, 0.2) is 11.0 Å². The van der Waals surface area contributed by atoms with Crippen LogP contribution in [0.2, 0.25) is 0 Å². The van der Waals surface area contributed by atoms with E-state index >= 15 is 0 Å². The number of amidine groups is 2. The van der Waals surface area contributed by atoms with Crippen LogP contribution in [0.5, 0.6) is 5.75 Å². The van der Waals surface area contributed by atoms with E-state index in [9.17, 15) is 4.79 Å². The highest BCUT2D eigenvalue weighted by Gasteiger charge is 2.32. The largest absolute Gasteiger partial charge is 0.492 e. The summed E-state index contributed by atoms with van der Waals surface area (Å²) in [6.07, 6.45) is 4.84. The molecule has 0 radical (unpaired) electrons. The van der Waals surface area contributed by atoms with Gasteiger partial charge in [0, 0.05) is 22.7 Å². The van der Waals surface area contributed by atoms with Crippen molar-refractivity contribution in [3.05, 3.63) is 71.4 Å². The lowest BCUT2D eigenvalue weighted by Crippen LogP contribution is -2.35. The van der Waals surface area contributed by atoms with Crippen LogP contribution in [0.25, 0.3) is 17.0 Å². The second-order valence-corrected chi connectivity index (χ2v) is 9.09. The smallest absolute Gasteiger partial charge is 0.283 e. The van der Waals surface area contributed by atoms with Crippen LogP contribution in [0, 0.1) is 5.41 Å². The average molecular weight is 472 g/mol. The van der Waals surface area contributed by atoms with Crippen LogP contribution in [-0.4, -0.2) is 38.6 Å². The van der Waals surface area contributed by atoms with Crippen molar-refractivity contribution >= 4 is 51.2 Å². The van der Waals surface area contributed by atoms with E-state index in [-0.39, 0.29) is 11.4 Å². The number of thioether (sulfide) groups is 1. The van der Waals surface area contributed by atoms with Gasteiger partial charge in [0.1, 0.15) is 12.4 Å². The summed E-state index contributed by atoms with van der Waals surface area (Å²) in [6, 6.07) is 16.3. The van der Waals surface area contributed by atoms with E-state index in [0.29, 0.717) is 24.2 Å². The Morgan fingerprint density at radius 3 is 2.76 bits per heavy atom. The number of amides is 1. The second-order valence-electron chi connectivity index (χ2n) is 8.28. The van der Waals surface area contributed by atoms with Gasteiger partial charge >= 0.3 is 0 Å². The third kappa shape index (κ3) is 4.17. The maximum atomic E-state index is 12.6. The lowest BCUT2D eigenvalue weighted by molar-refractivity contribution is -0.114. The first-order valence-corrected chi connectivity index (χ1v) is 12.2. The summed E-state index contributed by atoms with van der Waals surface area (Å²) in [5, 5.41) is 15.4. The molecular weight excluding hydrogens is 446 g/mol. The number of rotatable bonds is 7. The van der Waals surface area contributed by atoms with E-state index in [4.69, 9.17) is 10.1 Å². The van der Waals surface area contributed by atoms with Crippen LogP contribution in [0.3, 0.4) is 0 Å². The summed E-state index contributed by atoms with van der Waals surface area (Å²) >= 11 is 1.24. The Hall–Kier alpha value is -3.65. The molecule has 3 heterocycles. The van der Waals surface area contributed by atoms with E-state index in [1.165, 1.54) is 22.3 Å². The molecule has 0 spiro atoms. The number of hydrazone groups is 1. The number of carbonyl (C=O) groups is 1. The van der Waals surface area contributed by atoms with Crippen molar-refractivity contribution in [2.75, 3.05) is 6.61 Å². The molecule has 2 aliphatic heterocycles. The fourth-order valence-electron chi connectivity index (χ4n) is 4.06. The van der Waals surface area contributed by atoms with Crippen molar-refractivity contribution in [2.45, 2.75) is 32.7 Å². The van der Waals surface area contributed by atoms with Gasteiger partial charge in [0.25, 0.3) is 5.91 Å². The molecule has 2 aromatic carbocycles. The first-order chi connectivity index (χ1) is 16.5. The quantitative estimate of drug-likeness (QED) is 0.462. The molecule has 0 aliphatic carbocycles. The maximum absolute atomic E-state index is 12.6. The van der Waals surface area contributed by atoms with Gasteiger partial charge in [-0.1, -0.05) is 44.2 Å². The van der Waals surface area contributed by atoms with Gasteiger partial charge in [-0.15, -0.1) is 0 Å². The summed E-state index contributed by atoms with van der Waals surface area (Å²) < 4.78 is 8.12. The van der Waals surface area contributed by atoms with Crippen LogP contribution in [0.4, 0.5) is 0 Å². The highest BCUT2D eigenvalue weighted by Crippen LogP contribution is 2.28. The van der Waals surface area contributed by atoms with Crippen LogP contribution in [0.1, 0.15) is 37.3 Å². The van der Waals surface area contributed by atoms with Gasteiger partial charge in [-0.3, -0.25) is 10.2 Å². The number of hydrogen-bond donors (Lipinski definition) is 1. The first-order valence-electron chi connectivity index (χ1n) is 11.3. The van der Waals surface area contributed by atoms with Gasteiger partial charge in [0.2, 0.25) is 0 Å². The molecule has 1 amide bonds. The van der Waals surface area contributed by atoms with E-state index in [0.717, 1.165) is 28.6 Å². The molecule has 1 N–H and O–H groups in total. The first kappa shape index (κ1) is 22.2. The highest BCUT2D eigenvalue weighted by molar-refractivity contribution is 8.25. The molecule has 1 atom stereocenters. The SMILES string of the molecule is CC[C@@H](C)c1ccc(OCCn2cc(/C=C3\C(=N)N4N=CSC4=NC3=O)c3ccccc32)cc1. The zero-order valence-corrected chi connectivity index (χ0v) is 19.9. The number of ether oxygens (including phenoxy) is 1. The third-order valence-electron chi connectivity index (χ3n) is 6.18. The molecule has 1 aromatic heterocycles. The number of benzene rings is 2. The Bertz CT molecular complexity index is 1350. The predicted octanol–water partition coefficient (Wildman–Crippen LogP) is 5.48. The zero-order valence-electron chi connectivity index (χ0n) is 19.1. The number of nitrogens with one attached hydrogen (secondary N) is 1. The summed E-state index contributed by atoms with van der Waals surface area (Å²) in [6.45, 7) is 5.58. The number of para-hydroxylation sites is 1. The van der Waals surface area contributed by atoms with Crippen molar-refractivity contribution in [2.24, 2.45) is 10.1 Å². The molecule has 0 saturated carbocycles. The van der Waals surface area contributed by atoms with Gasteiger partial charge in [-0.05, 0) is 53.9 Å². The Morgan fingerprint density at radius 1 is 1.18 bits per heavy atom. The second kappa shape index (κ2) is 9.30. The average Bonchev–Trinajstić information content (AvgIpc) is 3.47. The molecule has 172 valence electrons. The van der Waals surface area contributed by atoms with Crippen LogP contribution in [-0.2, 0) is 11.3 Å². The fraction of sp³-hybridized carbons (Fsp3) is 0.231. The molecule has 0 fully saturated rings. The van der Waals surface area contributed by atoms with Crippen LogP contribution < -0.4 is 4.74 Å². The maximum Gasteiger partial charge on any atom is 0.283 e. The topological polar surface area (TPSA) is 83.0 Å². The molecular formula is C26H25N5O2S. The third-order valence-corrected chi connectivity index (χ3v) is 6.85. The lowest BCUT2D eigenvalue weighted by Gasteiger charge is -2.20. The number of fused-ring (bicyclic) bond motifs is 2. The molecule has 34 heavy (non-hydrogen) atoms. The Kier molecular flexibility index (Phi) is 6.06. The van der Waals surface area contributed by atoms with Gasteiger partial charge < -0.3 is 9.30 Å². The number of hydrogen-bond acceptors (Lipinski definition) is 5. The van der Waals surface area contributed by atoms with Crippen molar-refractivity contribution < 1.29 is 9.53 Å². The Morgan fingerprint density at radius 2 is 1.97 bits per heavy atom. The summed E-state index contributed by atoms with van der Waals surface area (Å²) in [5.74, 6) is 1.01. The normalized spacial score (nSPS) is 17.4. The molecule has 0 bridgehead atoms. The van der Waals surface area contributed by atoms with Crippen LogP contribution >= 0.6 is 11.8 Å². The summed E-state index contributed by atoms with van der Waals surface area (Å²) in [5.41, 5.74) is 5.02. The molecule has 5 rings (SSSR count). The van der Waals surface area contributed by atoms with Crippen LogP contribution in [0.15, 0.2) is 70.4 Å². The molecule has 0 saturated heterocycles. The molecule has 3 aromatic rings. The predicted molar refractivity (Wildman–Crippen MR) is 139 cm³/mol. The van der Waals surface area contributed by atoms with Gasteiger partial charge in [-0.2, -0.15) is 15.1 Å². The minimum Gasteiger partial charge on any atom is -0.492 e. The lowest BCUT2D eigenvalue weighted by atomic mass is 9.99. The summed E-state index contributed by atoms with van der Waals surface area (Å²) in [4.78, 5) is 16.7.